The third kappa shape index (κ3) is 3.38. The molecule has 0 atom stereocenters. The number of guanidine groups is 1. The third-order valence-corrected chi connectivity index (χ3v) is 2.08. The van der Waals surface area contributed by atoms with E-state index in [-0.39, 0.29) is 23.8 Å². The number of para-hydroxylation sites is 2. The average molecular weight is 260 g/mol. The fourth-order valence-electron chi connectivity index (χ4n) is 1.42. The van der Waals surface area contributed by atoms with Crippen LogP contribution in [0.2, 0.25) is 0 Å². The van der Waals surface area contributed by atoms with Gasteiger partial charge in [0.15, 0.2) is 5.58 Å². The first-order valence-electron chi connectivity index (χ1n) is 5.54. The minimum atomic E-state index is -0.358. The van der Waals surface area contributed by atoms with Crippen LogP contribution in [-0.2, 0) is 9.59 Å². The SMILES string of the molecule is CC(=O)NC(=Nc1nc2ccccc2o1)NC(C)=O. The van der Waals surface area contributed by atoms with Crippen molar-refractivity contribution in [2.24, 2.45) is 4.99 Å². The van der Waals surface area contributed by atoms with Crippen LogP contribution in [-0.4, -0.2) is 22.8 Å². The van der Waals surface area contributed by atoms with Gasteiger partial charge in [-0.1, -0.05) is 12.1 Å². The number of aromatic nitrogens is 1. The zero-order valence-electron chi connectivity index (χ0n) is 10.4. The Morgan fingerprint density at radius 1 is 1.16 bits per heavy atom. The van der Waals surface area contributed by atoms with E-state index < -0.39 is 0 Å². The Kier molecular flexibility index (Phi) is 3.56. The van der Waals surface area contributed by atoms with Crippen LogP contribution in [0.15, 0.2) is 33.7 Å². The second kappa shape index (κ2) is 5.30. The topological polar surface area (TPSA) is 96.6 Å². The van der Waals surface area contributed by atoms with E-state index in [1.807, 2.05) is 12.1 Å². The van der Waals surface area contributed by atoms with E-state index in [0.29, 0.717) is 11.1 Å². The molecule has 1 heterocycles. The van der Waals surface area contributed by atoms with Gasteiger partial charge in [-0.15, -0.1) is 0 Å². The van der Waals surface area contributed by atoms with Crippen LogP contribution >= 0.6 is 0 Å². The van der Waals surface area contributed by atoms with E-state index >= 15 is 0 Å². The van der Waals surface area contributed by atoms with Crippen LogP contribution in [0.1, 0.15) is 13.8 Å². The Labute approximate surface area is 108 Å². The standard InChI is InChI=1S/C12H12N4O3/c1-7(17)13-11(14-8(2)18)16-12-15-9-5-3-4-6-10(9)19-12/h3-6H,1-2H3,(H2,13,14,15,16,17,18). The number of nitrogens with one attached hydrogen (secondary N) is 2. The average Bonchev–Trinajstić information content (AvgIpc) is 2.68. The van der Waals surface area contributed by atoms with E-state index in [1.54, 1.807) is 12.1 Å². The Morgan fingerprint density at radius 2 is 1.79 bits per heavy atom. The van der Waals surface area contributed by atoms with Crippen molar-refractivity contribution in [3.8, 4) is 0 Å². The van der Waals surface area contributed by atoms with Gasteiger partial charge >= 0.3 is 6.01 Å². The molecule has 0 aliphatic heterocycles. The Bertz CT molecular complexity index is 609. The molecule has 1 aromatic heterocycles. The highest BCUT2D eigenvalue weighted by Crippen LogP contribution is 2.19. The van der Waals surface area contributed by atoms with Crippen LogP contribution in [0.3, 0.4) is 0 Å². The van der Waals surface area contributed by atoms with Crippen molar-refractivity contribution in [3.05, 3.63) is 24.3 Å². The maximum Gasteiger partial charge on any atom is 0.326 e. The summed E-state index contributed by atoms with van der Waals surface area (Å²) in [5.74, 6) is -0.737. The van der Waals surface area contributed by atoms with Gasteiger partial charge in [0.2, 0.25) is 17.8 Å². The number of oxazole rings is 1. The molecule has 2 amide bonds. The molecule has 0 aliphatic rings. The number of aliphatic imine (C=N–C) groups is 1. The maximum absolute atomic E-state index is 11.0. The summed E-state index contributed by atoms with van der Waals surface area (Å²) < 4.78 is 5.36. The number of fused-ring (bicyclic) bond motifs is 1. The number of benzene rings is 1. The Hall–Kier alpha value is -2.70. The number of carbonyl (C=O) groups excluding carboxylic acids is 2. The molecule has 19 heavy (non-hydrogen) atoms. The smallest absolute Gasteiger partial charge is 0.326 e. The predicted molar refractivity (Wildman–Crippen MR) is 68.7 cm³/mol. The molecule has 2 N–H and O–H groups in total. The van der Waals surface area contributed by atoms with Crippen molar-refractivity contribution in [2.45, 2.75) is 13.8 Å². The number of hydrogen-bond donors (Lipinski definition) is 2. The molecule has 0 unspecified atom stereocenters. The van der Waals surface area contributed by atoms with E-state index in [4.69, 9.17) is 4.42 Å². The first-order chi connectivity index (χ1) is 9.04. The van der Waals surface area contributed by atoms with Crippen LogP contribution in [0.4, 0.5) is 6.01 Å². The molecule has 1 aromatic carbocycles. The van der Waals surface area contributed by atoms with Crippen LogP contribution in [0.5, 0.6) is 0 Å². The lowest BCUT2D eigenvalue weighted by Crippen LogP contribution is -2.41. The lowest BCUT2D eigenvalue weighted by Gasteiger charge is -2.04. The maximum atomic E-state index is 11.0. The normalized spacial score (nSPS) is 10.0. The number of carbonyl (C=O) groups is 2. The molecule has 98 valence electrons. The van der Waals surface area contributed by atoms with Crippen LogP contribution < -0.4 is 10.6 Å². The zero-order chi connectivity index (χ0) is 13.8. The molecule has 2 rings (SSSR count). The van der Waals surface area contributed by atoms with Gasteiger partial charge in [0.25, 0.3) is 0 Å². The van der Waals surface area contributed by atoms with Gasteiger partial charge in [-0.25, -0.2) is 0 Å². The molecule has 7 heteroatoms. The predicted octanol–water partition coefficient (Wildman–Crippen LogP) is 1.09. The Balaban J connectivity index is 2.33. The van der Waals surface area contributed by atoms with E-state index in [2.05, 4.69) is 20.6 Å². The van der Waals surface area contributed by atoms with Gasteiger partial charge in [-0.2, -0.15) is 9.98 Å². The van der Waals surface area contributed by atoms with Crippen molar-refractivity contribution in [1.29, 1.82) is 0 Å². The summed E-state index contributed by atoms with van der Waals surface area (Å²) in [6.45, 7) is 2.62. The minimum absolute atomic E-state index is 0.0217. The van der Waals surface area contributed by atoms with Gasteiger partial charge < -0.3 is 4.42 Å². The molecule has 0 saturated carbocycles. The summed E-state index contributed by atoms with van der Waals surface area (Å²) in [5, 5.41) is 4.77. The first kappa shape index (κ1) is 12.7. The summed E-state index contributed by atoms with van der Waals surface area (Å²) >= 11 is 0. The fourth-order valence-corrected chi connectivity index (χ4v) is 1.42. The highest BCUT2D eigenvalue weighted by Gasteiger charge is 2.08. The summed E-state index contributed by atoms with van der Waals surface area (Å²) in [7, 11) is 0. The molecule has 0 saturated heterocycles. The van der Waals surface area contributed by atoms with Crippen molar-refractivity contribution in [2.75, 3.05) is 0 Å². The molecule has 7 nitrogen and oxygen atoms in total. The quantitative estimate of drug-likeness (QED) is 0.592. The summed E-state index contributed by atoms with van der Waals surface area (Å²) in [6.07, 6.45) is 0. The molecular formula is C12H12N4O3. The molecular weight excluding hydrogens is 248 g/mol. The largest absolute Gasteiger partial charge is 0.422 e. The van der Waals surface area contributed by atoms with Crippen molar-refractivity contribution in [3.63, 3.8) is 0 Å². The van der Waals surface area contributed by atoms with Crippen molar-refractivity contribution >= 4 is 34.9 Å². The van der Waals surface area contributed by atoms with Crippen LogP contribution in [0, 0.1) is 0 Å². The number of amides is 2. The first-order valence-corrected chi connectivity index (χ1v) is 5.54. The molecule has 2 aromatic rings. The van der Waals surface area contributed by atoms with Gasteiger partial charge in [0.05, 0.1) is 0 Å². The minimum Gasteiger partial charge on any atom is -0.422 e. The molecule has 0 aliphatic carbocycles. The number of nitrogens with zero attached hydrogens (tertiary/aromatic N) is 2. The Morgan fingerprint density at radius 3 is 2.37 bits per heavy atom. The molecule has 0 spiro atoms. The monoisotopic (exact) mass is 260 g/mol. The molecule has 0 fully saturated rings. The van der Waals surface area contributed by atoms with E-state index in [0.717, 1.165) is 0 Å². The van der Waals surface area contributed by atoms with E-state index in [9.17, 15) is 9.59 Å². The summed E-state index contributed by atoms with van der Waals surface area (Å²) in [4.78, 5) is 30.1. The van der Waals surface area contributed by atoms with Gasteiger partial charge in [-0.05, 0) is 12.1 Å². The lowest BCUT2D eigenvalue weighted by atomic mass is 10.3. The molecule has 0 radical (unpaired) electrons. The number of rotatable bonds is 1. The van der Waals surface area contributed by atoms with Crippen molar-refractivity contribution < 1.29 is 14.0 Å². The highest BCUT2D eigenvalue weighted by molar-refractivity contribution is 6.04. The lowest BCUT2D eigenvalue weighted by molar-refractivity contribution is -0.117. The fraction of sp³-hybridized carbons (Fsp3) is 0.167. The second-order valence-electron chi connectivity index (χ2n) is 3.79. The highest BCUT2D eigenvalue weighted by atomic mass is 16.4. The third-order valence-electron chi connectivity index (χ3n) is 2.08. The second-order valence-corrected chi connectivity index (χ2v) is 3.79. The summed E-state index contributed by atoms with van der Waals surface area (Å²) in [5.41, 5.74) is 1.22. The zero-order valence-corrected chi connectivity index (χ0v) is 10.4. The van der Waals surface area contributed by atoms with E-state index in [1.165, 1.54) is 13.8 Å². The van der Waals surface area contributed by atoms with Crippen molar-refractivity contribution in [1.82, 2.24) is 15.6 Å². The van der Waals surface area contributed by atoms with Crippen LogP contribution in [0.25, 0.3) is 11.1 Å². The van der Waals surface area contributed by atoms with Gasteiger partial charge in [0.1, 0.15) is 5.52 Å². The number of hydrogen-bond acceptors (Lipinski definition) is 5. The molecule has 0 bridgehead atoms. The summed E-state index contributed by atoms with van der Waals surface area (Å²) in [6, 6.07) is 7.20. The van der Waals surface area contributed by atoms with Gasteiger partial charge in [0, 0.05) is 13.8 Å². The van der Waals surface area contributed by atoms with Gasteiger partial charge in [-0.3, -0.25) is 20.2 Å².